The Bertz CT molecular complexity index is 834. The highest BCUT2D eigenvalue weighted by Crippen LogP contribution is 2.23. The Morgan fingerprint density at radius 3 is 2.42 bits per heavy atom. The first-order chi connectivity index (χ1) is 11.6. The number of nitrogens with zero attached hydrogens (tertiary/aromatic N) is 2. The molecule has 0 atom stereocenters. The molecule has 122 valence electrons. The smallest absolute Gasteiger partial charge is 0.136 e. The summed E-state index contributed by atoms with van der Waals surface area (Å²) in [6, 6.07) is 18.3. The zero-order valence-corrected chi connectivity index (χ0v) is 15.3. The molecular formula is C19H19BrN4. The van der Waals surface area contributed by atoms with E-state index >= 15 is 0 Å². The summed E-state index contributed by atoms with van der Waals surface area (Å²) in [6.07, 6.45) is 0. The van der Waals surface area contributed by atoms with Gasteiger partial charge in [-0.1, -0.05) is 46.3 Å². The molecule has 2 aromatic carbocycles. The number of halogens is 1. The average molecular weight is 383 g/mol. The molecule has 24 heavy (non-hydrogen) atoms. The van der Waals surface area contributed by atoms with Gasteiger partial charge in [0.05, 0.1) is 0 Å². The van der Waals surface area contributed by atoms with Crippen LogP contribution >= 0.6 is 15.9 Å². The largest absolute Gasteiger partial charge is 0.366 e. The molecule has 5 heteroatoms. The summed E-state index contributed by atoms with van der Waals surface area (Å²) in [6.45, 7) is 4.69. The minimum atomic E-state index is 0.726. The molecule has 3 aromatic rings. The van der Waals surface area contributed by atoms with Gasteiger partial charge in [0, 0.05) is 22.8 Å². The quantitative estimate of drug-likeness (QED) is 0.635. The van der Waals surface area contributed by atoms with Gasteiger partial charge in [-0.25, -0.2) is 9.97 Å². The van der Waals surface area contributed by atoms with E-state index in [4.69, 9.17) is 0 Å². The molecule has 0 aliphatic carbocycles. The number of aryl methyl sites for hydroxylation is 2. The summed E-state index contributed by atoms with van der Waals surface area (Å²) in [5, 5.41) is 6.69. The summed E-state index contributed by atoms with van der Waals surface area (Å²) < 4.78 is 1.09. The predicted octanol–water partition coefficient (Wildman–Crippen LogP) is 5.21. The molecule has 0 bridgehead atoms. The van der Waals surface area contributed by atoms with Crippen LogP contribution in [-0.4, -0.2) is 9.97 Å². The molecule has 0 saturated heterocycles. The molecule has 1 aromatic heterocycles. The van der Waals surface area contributed by atoms with Crippen LogP contribution in [0.25, 0.3) is 0 Å². The standard InChI is InChI=1S/C19H19BrN4/c1-13-10-16(8-9-17(13)20)24-19-11-18(22-14(2)23-19)21-12-15-6-4-3-5-7-15/h3-11H,12H2,1-2H3,(H2,21,22,23,24). The number of benzene rings is 2. The van der Waals surface area contributed by atoms with E-state index < -0.39 is 0 Å². The van der Waals surface area contributed by atoms with Gasteiger partial charge in [0.15, 0.2) is 0 Å². The zero-order valence-electron chi connectivity index (χ0n) is 13.7. The lowest BCUT2D eigenvalue weighted by molar-refractivity contribution is 1.03. The summed E-state index contributed by atoms with van der Waals surface area (Å²) in [7, 11) is 0. The van der Waals surface area contributed by atoms with Crippen molar-refractivity contribution in [1.29, 1.82) is 0 Å². The van der Waals surface area contributed by atoms with Crippen LogP contribution < -0.4 is 10.6 Å². The van der Waals surface area contributed by atoms with Crippen molar-refractivity contribution >= 4 is 33.3 Å². The van der Waals surface area contributed by atoms with Crippen LogP contribution in [0.4, 0.5) is 17.3 Å². The van der Waals surface area contributed by atoms with Gasteiger partial charge in [0.25, 0.3) is 0 Å². The number of anilines is 3. The Kier molecular flexibility index (Phi) is 5.11. The molecule has 0 spiro atoms. The lowest BCUT2D eigenvalue weighted by Gasteiger charge is -2.11. The SMILES string of the molecule is Cc1nc(NCc2ccccc2)cc(Nc2ccc(Br)c(C)c2)n1. The highest BCUT2D eigenvalue weighted by Gasteiger charge is 2.04. The predicted molar refractivity (Wildman–Crippen MR) is 103 cm³/mol. The normalized spacial score (nSPS) is 10.5. The third-order valence-electron chi connectivity index (χ3n) is 3.58. The monoisotopic (exact) mass is 382 g/mol. The first-order valence-corrected chi connectivity index (χ1v) is 8.56. The average Bonchev–Trinajstić information content (AvgIpc) is 2.57. The molecule has 3 rings (SSSR count). The number of hydrogen-bond donors (Lipinski definition) is 2. The fourth-order valence-corrected chi connectivity index (χ4v) is 2.63. The minimum Gasteiger partial charge on any atom is -0.366 e. The molecule has 0 unspecified atom stereocenters. The minimum absolute atomic E-state index is 0.726. The van der Waals surface area contributed by atoms with Gasteiger partial charge in [-0.3, -0.25) is 0 Å². The van der Waals surface area contributed by atoms with Crippen LogP contribution in [0.1, 0.15) is 17.0 Å². The molecule has 4 nitrogen and oxygen atoms in total. The van der Waals surface area contributed by atoms with Crippen molar-refractivity contribution in [1.82, 2.24) is 9.97 Å². The highest BCUT2D eigenvalue weighted by molar-refractivity contribution is 9.10. The Hall–Kier alpha value is -2.40. The highest BCUT2D eigenvalue weighted by atomic mass is 79.9. The maximum atomic E-state index is 4.46. The van der Waals surface area contributed by atoms with Crippen molar-refractivity contribution in [3.63, 3.8) is 0 Å². The maximum Gasteiger partial charge on any atom is 0.136 e. The summed E-state index contributed by atoms with van der Waals surface area (Å²) in [5.41, 5.74) is 3.39. The van der Waals surface area contributed by atoms with Crippen molar-refractivity contribution < 1.29 is 0 Å². The van der Waals surface area contributed by atoms with Gasteiger partial charge in [-0.2, -0.15) is 0 Å². The number of nitrogens with one attached hydrogen (secondary N) is 2. The van der Waals surface area contributed by atoms with Crippen molar-refractivity contribution in [2.45, 2.75) is 20.4 Å². The van der Waals surface area contributed by atoms with Crippen LogP contribution in [0.3, 0.4) is 0 Å². The zero-order chi connectivity index (χ0) is 16.9. The van der Waals surface area contributed by atoms with Crippen molar-refractivity contribution in [2.75, 3.05) is 10.6 Å². The van der Waals surface area contributed by atoms with Gasteiger partial charge in [0.1, 0.15) is 17.5 Å². The Morgan fingerprint density at radius 2 is 1.67 bits per heavy atom. The number of aromatic nitrogens is 2. The fourth-order valence-electron chi connectivity index (χ4n) is 2.38. The van der Waals surface area contributed by atoms with E-state index in [0.717, 1.165) is 34.2 Å². The topological polar surface area (TPSA) is 49.8 Å². The van der Waals surface area contributed by atoms with Gasteiger partial charge < -0.3 is 10.6 Å². The lowest BCUT2D eigenvalue weighted by Crippen LogP contribution is -2.05. The van der Waals surface area contributed by atoms with E-state index in [1.807, 2.05) is 43.3 Å². The second-order valence-corrected chi connectivity index (χ2v) is 6.47. The van der Waals surface area contributed by atoms with Crippen molar-refractivity contribution in [3.05, 3.63) is 76.0 Å². The molecular weight excluding hydrogens is 364 g/mol. The second kappa shape index (κ2) is 7.45. The Balaban J connectivity index is 1.74. The molecule has 0 aliphatic heterocycles. The first-order valence-electron chi connectivity index (χ1n) is 7.77. The van der Waals surface area contributed by atoms with E-state index in [0.29, 0.717) is 0 Å². The fraction of sp³-hybridized carbons (Fsp3) is 0.158. The van der Waals surface area contributed by atoms with Crippen LogP contribution in [-0.2, 0) is 6.54 Å². The summed E-state index contributed by atoms with van der Waals surface area (Å²) in [5.74, 6) is 2.31. The molecule has 1 heterocycles. The van der Waals surface area contributed by atoms with Crippen LogP contribution in [0.5, 0.6) is 0 Å². The maximum absolute atomic E-state index is 4.46. The first kappa shape index (κ1) is 16.5. The van der Waals surface area contributed by atoms with Gasteiger partial charge in [-0.05, 0) is 43.2 Å². The van der Waals surface area contributed by atoms with E-state index in [1.165, 1.54) is 11.1 Å². The van der Waals surface area contributed by atoms with Crippen LogP contribution in [0.15, 0.2) is 59.1 Å². The Morgan fingerprint density at radius 1 is 0.917 bits per heavy atom. The lowest BCUT2D eigenvalue weighted by atomic mass is 10.2. The van der Waals surface area contributed by atoms with Crippen LogP contribution in [0.2, 0.25) is 0 Å². The van der Waals surface area contributed by atoms with Crippen molar-refractivity contribution in [2.24, 2.45) is 0 Å². The van der Waals surface area contributed by atoms with Gasteiger partial charge in [0.2, 0.25) is 0 Å². The molecule has 0 saturated carbocycles. The molecule has 0 amide bonds. The second-order valence-electron chi connectivity index (χ2n) is 5.61. The number of hydrogen-bond acceptors (Lipinski definition) is 4. The van der Waals surface area contributed by atoms with E-state index in [2.05, 4.69) is 61.7 Å². The van der Waals surface area contributed by atoms with E-state index in [-0.39, 0.29) is 0 Å². The Labute approximate surface area is 150 Å². The molecule has 0 aliphatic rings. The van der Waals surface area contributed by atoms with E-state index in [9.17, 15) is 0 Å². The number of rotatable bonds is 5. The summed E-state index contributed by atoms with van der Waals surface area (Å²) in [4.78, 5) is 8.91. The summed E-state index contributed by atoms with van der Waals surface area (Å²) >= 11 is 3.52. The van der Waals surface area contributed by atoms with E-state index in [1.54, 1.807) is 0 Å². The third-order valence-corrected chi connectivity index (χ3v) is 4.47. The van der Waals surface area contributed by atoms with Gasteiger partial charge in [-0.15, -0.1) is 0 Å². The van der Waals surface area contributed by atoms with Crippen LogP contribution in [0, 0.1) is 13.8 Å². The molecule has 0 fully saturated rings. The van der Waals surface area contributed by atoms with Crippen molar-refractivity contribution in [3.8, 4) is 0 Å². The molecule has 0 radical (unpaired) electrons. The molecule has 2 N–H and O–H groups in total. The third kappa shape index (κ3) is 4.32. The van der Waals surface area contributed by atoms with Gasteiger partial charge >= 0.3 is 0 Å².